The van der Waals surface area contributed by atoms with Gasteiger partial charge in [0.25, 0.3) is 0 Å². The summed E-state index contributed by atoms with van der Waals surface area (Å²) >= 11 is -1.87. The van der Waals surface area contributed by atoms with Crippen LogP contribution in [0.4, 0.5) is 0 Å². The second-order valence-electron chi connectivity index (χ2n) is 5.88. The average molecular weight is 299 g/mol. The Hall–Kier alpha value is 0.213. The van der Waals surface area contributed by atoms with Gasteiger partial charge in [0.1, 0.15) is 0 Å². The Balaban J connectivity index is 2.72. The van der Waals surface area contributed by atoms with E-state index >= 15 is 0 Å². The monoisotopic (exact) mass is 300 g/mol. The van der Waals surface area contributed by atoms with Crippen LogP contribution in [0.5, 0.6) is 0 Å². The van der Waals surface area contributed by atoms with Crippen molar-refractivity contribution in [3.8, 4) is 0 Å². The summed E-state index contributed by atoms with van der Waals surface area (Å²) in [7, 11) is 0. The van der Waals surface area contributed by atoms with E-state index in [0.29, 0.717) is 16.5 Å². The third-order valence-electron chi connectivity index (χ3n) is 5.47. The van der Waals surface area contributed by atoms with Gasteiger partial charge in [-0.1, -0.05) is 0 Å². The summed E-state index contributed by atoms with van der Waals surface area (Å²) < 4.78 is 0.443. The van der Waals surface area contributed by atoms with E-state index in [1.165, 1.54) is 47.9 Å². The first kappa shape index (κ1) is 15.3. The molecule has 0 N–H and O–H groups in total. The molecule has 1 unspecified atom stereocenters. The number of rotatable bonds is 6. The maximum absolute atomic E-state index is 12.7. The maximum atomic E-state index is 12.7. The van der Waals surface area contributed by atoms with Gasteiger partial charge < -0.3 is 0 Å². The Labute approximate surface area is 110 Å². The Morgan fingerprint density at radius 1 is 1.06 bits per heavy atom. The summed E-state index contributed by atoms with van der Waals surface area (Å²) in [6, 6.07) is 0. The summed E-state index contributed by atoms with van der Waals surface area (Å²) in [4.78, 5) is 12.7. The second kappa shape index (κ2) is 6.96. The molecule has 1 aliphatic rings. The van der Waals surface area contributed by atoms with Gasteiger partial charge in [-0.2, -0.15) is 0 Å². The minimum atomic E-state index is -1.87. The van der Waals surface area contributed by atoms with E-state index in [4.69, 9.17) is 0 Å². The van der Waals surface area contributed by atoms with Crippen molar-refractivity contribution in [1.29, 1.82) is 0 Å². The number of Topliss-reactive ketones (excluding diaryl/α,β-unsaturated/α-hetero) is 1. The van der Waals surface area contributed by atoms with Crippen LogP contribution in [0, 0.1) is 5.92 Å². The number of carbonyl (C=O) groups is 1. The van der Waals surface area contributed by atoms with E-state index in [1.807, 2.05) is 0 Å². The first-order valence-corrected chi connectivity index (χ1v) is 13.3. The van der Waals surface area contributed by atoms with Gasteiger partial charge in [0, 0.05) is 0 Å². The van der Waals surface area contributed by atoms with Gasteiger partial charge in [-0.05, 0) is 0 Å². The SMILES string of the molecule is C[CH2][Ge]([CH2]C)([CH2]C)[CH](C)C(=O)C1CCCCC1. The third kappa shape index (κ3) is 3.36. The van der Waals surface area contributed by atoms with E-state index in [2.05, 4.69) is 27.7 Å². The van der Waals surface area contributed by atoms with Crippen LogP contribution in [0.2, 0.25) is 20.5 Å². The van der Waals surface area contributed by atoms with E-state index in [0.717, 1.165) is 0 Å². The second-order valence-corrected chi connectivity index (χ2v) is 17.9. The van der Waals surface area contributed by atoms with Gasteiger partial charge in [-0.3, -0.25) is 0 Å². The molecule has 0 heterocycles. The van der Waals surface area contributed by atoms with Crippen molar-refractivity contribution in [2.75, 3.05) is 0 Å². The molecule has 0 aromatic carbocycles. The van der Waals surface area contributed by atoms with Crippen LogP contribution in [0.15, 0.2) is 0 Å². The summed E-state index contributed by atoms with van der Waals surface area (Å²) in [6.07, 6.45) is 6.28. The zero-order valence-corrected chi connectivity index (χ0v) is 14.3. The van der Waals surface area contributed by atoms with Crippen LogP contribution >= 0.6 is 0 Å². The molecular formula is C15H30GeO. The van der Waals surface area contributed by atoms with Crippen LogP contribution in [-0.4, -0.2) is 19.0 Å². The molecule has 100 valence electrons. The van der Waals surface area contributed by atoms with Crippen molar-refractivity contribution in [2.45, 2.75) is 80.3 Å². The molecule has 1 rings (SSSR count). The molecule has 0 aromatic heterocycles. The predicted molar refractivity (Wildman–Crippen MR) is 78.2 cm³/mol. The van der Waals surface area contributed by atoms with E-state index < -0.39 is 13.3 Å². The predicted octanol–water partition coefficient (Wildman–Crippen LogP) is 5.03. The average Bonchev–Trinajstić information content (AvgIpc) is 2.41. The molecule has 0 aromatic rings. The van der Waals surface area contributed by atoms with E-state index in [9.17, 15) is 4.79 Å². The van der Waals surface area contributed by atoms with Gasteiger partial charge in [0.15, 0.2) is 0 Å². The van der Waals surface area contributed by atoms with Crippen LogP contribution in [-0.2, 0) is 4.79 Å². The van der Waals surface area contributed by atoms with Gasteiger partial charge >= 0.3 is 110 Å². The first-order chi connectivity index (χ1) is 8.11. The Kier molecular flexibility index (Phi) is 6.26. The summed E-state index contributed by atoms with van der Waals surface area (Å²) in [6.45, 7) is 9.26. The molecule has 1 aliphatic carbocycles. The topological polar surface area (TPSA) is 17.1 Å². The number of carbonyl (C=O) groups excluding carboxylic acids is 1. The quantitative estimate of drug-likeness (QED) is 0.628. The fourth-order valence-electron chi connectivity index (χ4n) is 3.71. The van der Waals surface area contributed by atoms with Crippen molar-refractivity contribution < 1.29 is 4.79 Å². The van der Waals surface area contributed by atoms with Gasteiger partial charge in [-0.25, -0.2) is 0 Å². The van der Waals surface area contributed by atoms with Crippen LogP contribution < -0.4 is 0 Å². The van der Waals surface area contributed by atoms with Gasteiger partial charge in [0.2, 0.25) is 0 Å². The molecule has 1 fully saturated rings. The number of hydrogen-bond donors (Lipinski definition) is 0. The minimum absolute atomic E-state index is 0.424. The zero-order valence-electron chi connectivity index (χ0n) is 12.2. The normalized spacial score (nSPS) is 20.2. The van der Waals surface area contributed by atoms with Crippen LogP contribution in [0.25, 0.3) is 0 Å². The van der Waals surface area contributed by atoms with Crippen molar-refractivity contribution in [1.82, 2.24) is 0 Å². The summed E-state index contributed by atoms with van der Waals surface area (Å²) in [5.74, 6) is 1.07. The van der Waals surface area contributed by atoms with E-state index in [1.54, 1.807) is 0 Å². The van der Waals surface area contributed by atoms with Gasteiger partial charge in [-0.15, -0.1) is 0 Å². The van der Waals surface area contributed by atoms with Crippen LogP contribution in [0.3, 0.4) is 0 Å². The fourth-order valence-corrected chi connectivity index (χ4v) is 12.5. The molecule has 17 heavy (non-hydrogen) atoms. The molecule has 1 nitrogen and oxygen atoms in total. The summed E-state index contributed by atoms with van der Waals surface area (Å²) in [5, 5.41) is 3.98. The number of hydrogen-bond acceptors (Lipinski definition) is 1. The molecule has 0 amide bonds. The molecular weight excluding hydrogens is 269 g/mol. The molecule has 2 heteroatoms. The molecule has 0 spiro atoms. The first-order valence-electron chi connectivity index (χ1n) is 7.65. The Bertz CT molecular complexity index is 231. The van der Waals surface area contributed by atoms with Crippen molar-refractivity contribution in [2.24, 2.45) is 5.92 Å². The van der Waals surface area contributed by atoms with E-state index in [-0.39, 0.29) is 0 Å². The molecule has 0 radical (unpaired) electrons. The van der Waals surface area contributed by atoms with Crippen LogP contribution in [0.1, 0.15) is 59.8 Å². The number of ketones is 1. The molecule has 0 aliphatic heterocycles. The van der Waals surface area contributed by atoms with Crippen molar-refractivity contribution >= 4 is 19.0 Å². The van der Waals surface area contributed by atoms with Crippen molar-refractivity contribution in [3.05, 3.63) is 0 Å². The Morgan fingerprint density at radius 2 is 1.53 bits per heavy atom. The molecule has 1 saturated carbocycles. The molecule has 0 bridgehead atoms. The Morgan fingerprint density at radius 3 is 1.94 bits per heavy atom. The standard InChI is InChI=1S/C15H30GeO/c1-5-16(6-2,7-3)13(4)15(17)14-11-9-8-10-12-14/h13-14H,5-12H2,1-4H3. The van der Waals surface area contributed by atoms with Crippen molar-refractivity contribution in [3.63, 3.8) is 0 Å². The molecule has 1 atom stereocenters. The molecule has 0 saturated heterocycles. The van der Waals surface area contributed by atoms with Gasteiger partial charge in [0.05, 0.1) is 0 Å². The third-order valence-corrected chi connectivity index (χ3v) is 18.8. The summed E-state index contributed by atoms with van der Waals surface area (Å²) in [5.41, 5.74) is 0. The fraction of sp³-hybridized carbons (Fsp3) is 0.933. The zero-order chi connectivity index (χ0) is 12.9.